The minimum atomic E-state index is -4.22. The van der Waals surface area contributed by atoms with E-state index in [4.69, 9.17) is 5.73 Å². The van der Waals surface area contributed by atoms with Crippen LogP contribution in [0.3, 0.4) is 0 Å². The van der Waals surface area contributed by atoms with Crippen molar-refractivity contribution in [2.45, 2.75) is 32.0 Å². The van der Waals surface area contributed by atoms with Gasteiger partial charge in [-0.1, -0.05) is 0 Å². The second kappa shape index (κ2) is 4.38. The molecule has 3 nitrogen and oxygen atoms in total. The topological polar surface area (TPSA) is 46.3 Å². The van der Waals surface area contributed by atoms with Crippen LogP contribution in [-0.2, 0) is 4.79 Å². The summed E-state index contributed by atoms with van der Waals surface area (Å²) >= 11 is 0. The average Bonchev–Trinajstić information content (AvgIpc) is 2.43. The number of nitrogens with zero attached hydrogens (tertiary/aromatic N) is 1. The first kappa shape index (κ1) is 12.3. The quantitative estimate of drug-likeness (QED) is 0.781. The molecular weight excluding hydrogens is 209 g/mol. The Morgan fingerprint density at radius 3 is 2.60 bits per heavy atom. The number of alkyl halides is 3. The van der Waals surface area contributed by atoms with E-state index in [1.165, 1.54) is 11.8 Å². The number of amides is 1. The molecule has 0 aliphatic carbocycles. The monoisotopic (exact) mass is 224 g/mol. The molecule has 2 N–H and O–H groups in total. The number of carbonyl (C=O) groups excluding carboxylic acids is 1. The molecule has 2 unspecified atom stereocenters. The van der Waals surface area contributed by atoms with E-state index >= 15 is 0 Å². The molecule has 1 aliphatic heterocycles. The van der Waals surface area contributed by atoms with Gasteiger partial charge in [-0.2, -0.15) is 13.2 Å². The van der Waals surface area contributed by atoms with Gasteiger partial charge in [0.25, 0.3) is 0 Å². The van der Waals surface area contributed by atoms with E-state index in [1.54, 1.807) is 0 Å². The lowest BCUT2D eigenvalue weighted by molar-refractivity contribution is -0.150. The Labute approximate surface area is 86.4 Å². The highest BCUT2D eigenvalue weighted by Crippen LogP contribution is 2.27. The number of halogens is 3. The Balaban J connectivity index is 2.53. The lowest BCUT2D eigenvalue weighted by Gasteiger charge is -2.25. The van der Waals surface area contributed by atoms with E-state index in [0.717, 1.165) is 0 Å². The molecule has 1 amide bonds. The fourth-order valence-corrected chi connectivity index (χ4v) is 1.84. The summed E-state index contributed by atoms with van der Waals surface area (Å²) in [6.45, 7) is 2.12. The maximum atomic E-state index is 12.1. The molecular formula is C9H15F3N2O. The Hall–Kier alpha value is -0.780. The van der Waals surface area contributed by atoms with Crippen molar-refractivity contribution in [3.05, 3.63) is 0 Å². The highest BCUT2D eigenvalue weighted by atomic mass is 19.4. The third-order valence-electron chi connectivity index (χ3n) is 2.63. The first-order chi connectivity index (χ1) is 6.83. The van der Waals surface area contributed by atoms with Gasteiger partial charge in [-0.25, -0.2) is 0 Å². The molecule has 0 saturated carbocycles. The molecule has 0 spiro atoms. The van der Waals surface area contributed by atoms with Crippen LogP contribution in [0.4, 0.5) is 13.2 Å². The smallest absolute Gasteiger partial charge is 0.339 e. The lowest BCUT2D eigenvalue weighted by Crippen LogP contribution is -2.37. The third kappa shape index (κ3) is 3.37. The lowest BCUT2D eigenvalue weighted by atomic mass is 10.1. The van der Waals surface area contributed by atoms with Gasteiger partial charge in [0.1, 0.15) is 0 Å². The average molecular weight is 224 g/mol. The largest absolute Gasteiger partial charge is 0.391 e. The van der Waals surface area contributed by atoms with Crippen molar-refractivity contribution in [1.82, 2.24) is 4.90 Å². The van der Waals surface area contributed by atoms with Crippen LogP contribution in [0.2, 0.25) is 0 Å². The van der Waals surface area contributed by atoms with Crippen molar-refractivity contribution in [2.75, 3.05) is 13.1 Å². The van der Waals surface area contributed by atoms with Crippen molar-refractivity contribution in [2.24, 2.45) is 11.7 Å². The Morgan fingerprint density at radius 1 is 1.60 bits per heavy atom. The molecule has 1 fully saturated rings. The van der Waals surface area contributed by atoms with Gasteiger partial charge >= 0.3 is 6.18 Å². The van der Waals surface area contributed by atoms with Gasteiger partial charge in [0, 0.05) is 19.0 Å². The summed E-state index contributed by atoms with van der Waals surface area (Å²) in [5, 5.41) is 0. The zero-order valence-electron chi connectivity index (χ0n) is 8.55. The van der Waals surface area contributed by atoms with Crippen LogP contribution in [0.1, 0.15) is 19.8 Å². The zero-order chi connectivity index (χ0) is 11.6. The van der Waals surface area contributed by atoms with E-state index in [9.17, 15) is 18.0 Å². The van der Waals surface area contributed by atoms with Crippen LogP contribution in [0, 0.1) is 5.92 Å². The van der Waals surface area contributed by atoms with Gasteiger partial charge < -0.3 is 10.6 Å². The van der Waals surface area contributed by atoms with E-state index in [2.05, 4.69) is 0 Å². The Morgan fingerprint density at radius 2 is 2.20 bits per heavy atom. The first-order valence-corrected chi connectivity index (χ1v) is 4.89. The predicted molar refractivity (Wildman–Crippen MR) is 49.0 cm³/mol. The van der Waals surface area contributed by atoms with Crippen molar-refractivity contribution >= 4 is 5.91 Å². The number of likely N-dealkylation sites (tertiary alicyclic amines) is 1. The molecule has 0 aromatic heterocycles. The summed E-state index contributed by atoms with van der Waals surface area (Å²) in [5.74, 6) is -0.213. The summed E-state index contributed by atoms with van der Waals surface area (Å²) in [5.41, 5.74) is 5.38. The summed E-state index contributed by atoms with van der Waals surface area (Å²) in [6.07, 6.45) is -4.89. The van der Waals surface area contributed by atoms with Gasteiger partial charge in [0.2, 0.25) is 5.91 Å². The molecule has 6 heteroatoms. The molecule has 88 valence electrons. The van der Waals surface area contributed by atoms with Gasteiger partial charge in [-0.15, -0.1) is 0 Å². The van der Waals surface area contributed by atoms with Crippen LogP contribution in [-0.4, -0.2) is 36.1 Å². The van der Waals surface area contributed by atoms with Crippen LogP contribution in [0.15, 0.2) is 0 Å². The third-order valence-corrected chi connectivity index (χ3v) is 2.63. The van der Waals surface area contributed by atoms with Crippen LogP contribution >= 0.6 is 0 Å². The summed E-state index contributed by atoms with van der Waals surface area (Å²) < 4.78 is 36.3. The number of hydrogen-bond acceptors (Lipinski definition) is 2. The molecule has 15 heavy (non-hydrogen) atoms. The van der Waals surface area contributed by atoms with E-state index in [-0.39, 0.29) is 18.2 Å². The number of hydrogen-bond donors (Lipinski definition) is 1. The summed E-state index contributed by atoms with van der Waals surface area (Å²) in [7, 11) is 0. The number of nitrogens with two attached hydrogens (primary N) is 1. The number of rotatable bonds is 3. The van der Waals surface area contributed by atoms with Crippen molar-refractivity contribution in [3.63, 3.8) is 0 Å². The summed E-state index contributed by atoms with van der Waals surface area (Å²) in [6, 6.07) is -0.783. The molecule has 1 heterocycles. The molecule has 0 aromatic rings. The van der Waals surface area contributed by atoms with Crippen molar-refractivity contribution in [1.29, 1.82) is 0 Å². The fraction of sp³-hybridized carbons (Fsp3) is 0.889. The maximum absolute atomic E-state index is 12.1. The molecule has 0 radical (unpaired) electrons. The highest BCUT2D eigenvalue weighted by molar-refractivity contribution is 5.79. The second-order valence-corrected chi connectivity index (χ2v) is 4.02. The zero-order valence-corrected chi connectivity index (χ0v) is 8.55. The molecule has 0 bridgehead atoms. The normalized spacial score (nSPS) is 24.7. The summed E-state index contributed by atoms with van der Waals surface area (Å²) in [4.78, 5) is 12.7. The van der Waals surface area contributed by atoms with Gasteiger partial charge in [-0.3, -0.25) is 4.79 Å². The van der Waals surface area contributed by atoms with E-state index in [1.807, 2.05) is 0 Å². The Kier molecular flexibility index (Phi) is 3.59. The Bertz CT molecular complexity index is 242. The standard InChI is InChI=1S/C9H15F3N2O/c1-6(3-9(10,11)12)14-5-7(4-13)2-8(14)15/h6-7H,2-5,13H2,1H3. The maximum Gasteiger partial charge on any atom is 0.391 e. The highest BCUT2D eigenvalue weighted by Gasteiger charge is 2.37. The fourth-order valence-electron chi connectivity index (χ4n) is 1.84. The van der Waals surface area contributed by atoms with E-state index < -0.39 is 18.6 Å². The number of carbonyl (C=O) groups is 1. The van der Waals surface area contributed by atoms with Crippen LogP contribution < -0.4 is 5.73 Å². The molecule has 0 aromatic carbocycles. The van der Waals surface area contributed by atoms with Crippen LogP contribution in [0.25, 0.3) is 0 Å². The van der Waals surface area contributed by atoms with Gasteiger partial charge in [0.15, 0.2) is 0 Å². The minimum Gasteiger partial charge on any atom is -0.339 e. The second-order valence-electron chi connectivity index (χ2n) is 4.02. The molecule has 2 atom stereocenters. The predicted octanol–water partition coefficient (Wildman–Crippen LogP) is 1.13. The molecule has 1 rings (SSSR count). The van der Waals surface area contributed by atoms with Gasteiger partial charge in [0.05, 0.1) is 6.42 Å². The molecule has 1 aliphatic rings. The van der Waals surface area contributed by atoms with Crippen molar-refractivity contribution in [3.8, 4) is 0 Å². The van der Waals surface area contributed by atoms with E-state index in [0.29, 0.717) is 13.1 Å². The van der Waals surface area contributed by atoms with Crippen LogP contribution in [0.5, 0.6) is 0 Å². The first-order valence-electron chi connectivity index (χ1n) is 4.89. The minimum absolute atomic E-state index is 0.00758. The van der Waals surface area contributed by atoms with Crippen molar-refractivity contribution < 1.29 is 18.0 Å². The SMILES string of the molecule is CC(CC(F)(F)F)N1CC(CN)CC1=O. The molecule has 1 saturated heterocycles. The van der Waals surface area contributed by atoms with Gasteiger partial charge in [-0.05, 0) is 19.4 Å².